The van der Waals surface area contributed by atoms with Crippen LogP contribution in [0.5, 0.6) is 0 Å². The fourth-order valence-electron chi connectivity index (χ4n) is 4.37. The number of carbonyl (C=O) groups is 4. The highest BCUT2D eigenvalue weighted by Gasteiger charge is 2.43. The maximum atomic E-state index is 13.2. The maximum absolute atomic E-state index is 13.2. The summed E-state index contributed by atoms with van der Waals surface area (Å²) in [5, 5.41) is 0.987. The molecule has 5 rings (SSSR count). The number of aryl methyl sites for hydroxylation is 1. The van der Waals surface area contributed by atoms with E-state index in [0.29, 0.717) is 38.1 Å². The summed E-state index contributed by atoms with van der Waals surface area (Å²) in [6.45, 7) is 1.72. The third kappa shape index (κ3) is 3.43. The van der Waals surface area contributed by atoms with Crippen LogP contribution in [0.3, 0.4) is 0 Å². The topological polar surface area (TPSA) is 74.8 Å². The van der Waals surface area contributed by atoms with Crippen LogP contribution >= 0.6 is 23.2 Å². The number of hydrogen-bond donors (Lipinski definition) is 0. The van der Waals surface area contributed by atoms with Gasteiger partial charge in [-0.15, -0.1) is 0 Å². The van der Waals surface area contributed by atoms with Crippen molar-refractivity contribution in [3.05, 3.63) is 93.0 Å². The summed E-state index contributed by atoms with van der Waals surface area (Å²) < 4.78 is 0. The van der Waals surface area contributed by atoms with E-state index in [1.165, 1.54) is 0 Å². The molecule has 1 fully saturated rings. The number of benzene rings is 3. The van der Waals surface area contributed by atoms with Crippen molar-refractivity contribution < 1.29 is 19.2 Å². The Bertz CT molecular complexity index is 1350. The Hall–Kier alpha value is -3.48. The van der Waals surface area contributed by atoms with Crippen molar-refractivity contribution in [3.63, 3.8) is 0 Å². The molecule has 2 heterocycles. The van der Waals surface area contributed by atoms with Gasteiger partial charge in [-0.3, -0.25) is 24.1 Å². The number of nitrogens with zero attached hydrogens (tertiary/aromatic N) is 2. The molecule has 0 unspecified atom stereocenters. The van der Waals surface area contributed by atoms with Crippen LogP contribution in [0.15, 0.2) is 60.7 Å². The summed E-state index contributed by atoms with van der Waals surface area (Å²) in [5.41, 5.74) is 2.46. The van der Waals surface area contributed by atoms with Crippen LogP contribution in [0.1, 0.15) is 44.2 Å². The SMILES string of the molecule is Cc1cc([C@@H]2CC(=O)N(c3ccc(Cl)cc3)C2=O)cc2c1C(=O)N(c1ccc(Cl)cc1)C2=O. The number of anilines is 2. The van der Waals surface area contributed by atoms with Crippen molar-refractivity contribution in [2.45, 2.75) is 19.3 Å². The van der Waals surface area contributed by atoms with E-state index in [2.05, 4.69) is 0 Å². The van der Waals surface area contributed by atoms with Crippen molar-refractivity contribution in [1.82, 2.24) is 0 Å². The number of imide groups is 2. The van der Waals surface area contributed by atoms with Gasteiger partial charge >= 0.3 is 0 Å². The van der Waals surface area contributed by atoms with Crippen LogP contribution in [0.25, 0.3) is 0 Å². The summed E-state index contributed by atoms with van der Waals surface area (Å²) >= 11 is 11.8. The number of rotatable bonds is 3. The molecule has 0 saturated carbocycles. The fraction of sp³-hybridized carbons (Fsp3) is 0.120. The van der Waals surface area contributed by atoms with Gasteiger partial charge in [0.25, 0.3) is 11.8 Å². The second-order valence-electron chi connectivity index (χ2n) is 7.98. The molecule has 4 amide bonds. The Morgan fingerprint density at radius 2 is 1.30 bits per heavy atom. The van der Waals surface area contributed by atoms with E-state index in [4.69, 9.17) is 23.2 Å². The molecule has 2 aliphatic heterocycles. The van der Waals surface area contributed by atoms with E-state index in [1.54, 1.807) is 67.6 Å². The Morgan fingerprint density at radius 1 is 0.758 bits per heavy atom. The monoisotopic (exact) mass is 478 g/mol. The smallest absolute Gasteiger partial charge is 0.266 e. The molecule has 0 N–H and O–H groups in total. The van der Waals surface area contributed by atoms with Crippen LogP contribution in [0, 0.1) is 6.92 Å². The highest BCUT2D eigenvalue weighted by atomic mass is 35.5. The molecule has 0 radical (unpaired) electrons. The molecule has 2 aliphatic rings. The molecule has 1 saturated heterocycles. The molecule has 3 aromatic rings. The molecule has 0 aromatic heterocycles. The minimum atomic E-state index is -0.746. The average Bonchev–Trinajstić information content (AvgIpc) is 3.22. The van der Waals surface area contributed by atoms with Gasteiger partial charge in [0.2, 0.25) is 11.8 Å². The van der Waals surface area contributed by atoms with Gasteiger partial charge < -0.3 is 0 Å². The van der Waals surface area contributed by atoms with E-state index in [1.807, 2.05) is 0 Å². The Morgan fingerprint density at radius 3 is 1.88 bits per heavy atom. The predicted molar refractivity (Wildman–Crippen MR) is 125 cm³/mol. The highest BCUT2D eigenvalue weighted by Crippen LogP contribution is 2.38. The van der Waals surface area contributed by atoms with E-state index < -0.39 is 17.7 Å². The first kappa shape index (κ1) is 21.4. The van der Waals surface area contributed by atoms with Crippen molar-refractivity contribution in [2.75, 3.05) is 9.80 Å². The van der Waals surface area contributed by atoms with Crippen molar-refractivity contribution in [2.24, 2.45) is 0 Å². The van der Waals surface area contributed by atoms with Crippen LogP contribution < -0.4 is 9.80 Å². The first-order chi connectivity index (χ1) is 15.8. The van der Waals surface area contributed by atoms with Gasteiger partial charge in [0, 0.05) is 16.5 Å². The number of carbonyl (C=O) groups excluding carboxylic acids is 4. The Kier molecular flexibility index (Phi) is 5.07. The summed E-state index contributed by atoms with van der Waals surface area (Å²) in [6.07, 6.45) is -0.0251. The van der Waals surface area contributed by atoms with Gasteiger partial charge in [-0.25, -0.2) is 4.90 Å². The van der Waals surface area contributed by atoms with Gasteiger partial charge in [0.1, 0.15) is 0 Å². The highest BCUT2D eigenvalue weighted by molar-refractivity contribution is 6.35. The lowest BCUT2D eigenvalue weighted by atomic mass is 9.91. The first-order valence-electron chi connectivity index (χ1n) is 10.2. The molecule has 164 valence electrons. The van der Waals surface area contributed by atoms with E-state index >= 15 is 0 Å². The van der Waals surface area contributed by atoms with Gasteiger partial charge in [-0.1, -0.05) is 29.3 Å². The lowest BCUT2D eigenvalue weighted by Crippen LogP contribution is -2.30. The summed E-state index contributed by atoms with van der Waals surface area (Å²) in [7, 11) is 0. The van der Waals surface area contributed by atoms with Gasteiger partial charge in [0.05, 0.1) is 28.4 Å². The van der Waals surface area contributed by atoms with Gasteiger partial charge in [-0.2, -0.15) is 0 Å². The quantitative estimate of drug-likeness (QED) is 0.487. The minimum absolute atomic E-state index is 0.0251. The summed E-state index contributed by atoms with van der Waals surface area (Å²) in [4.78, 5) is 54.3. The molecule has 0 bridgehead atoms. The normalized spacial score (nSPS) is 17.8. The zero-order valence-electron chi connectivity index (χ0n) is 17.3. The number of halogens is 2. The molecule has 6 nitrogen and oxygen atoms in total. The second kappa shape index (κ2) is 7.83. The lowest BCUT2D eigenvalue weighted by molar-refractivity contribution is -0.121. The maximum Gasteiger partial charge on any atom is 0.266 e. The predicted octanol–water partition coefficient (Wildman–Crippen LogP) is 5.15. The Balaban J connectivity index is 1.51. The van der Waals surface area contributed by atoms with Gasteiger partial charge in [-0.05, 0) is 72.6 Å². The van der Waals surface area contributed by atoms with E-state index in [-0.39, 0.29) is 23.8 Å². The zero-order valence-corrected chi connectivity index (χ0v) is 18.9. The standard InChI is InChI=1S/C25H16Cl2N2O4/c1-13-10-14(19-12-21(30)28(23(19)31)17-6-2-15(26)3-7-17)11-20-22(13)25(33)29(24(20)32)18-8-4-16(27)5-9-18/h2-11,19H,12H2,1H3/t19-/m0/s1. The van der Waals surface area contributed by atoms with Crippen LogP contribution in [-0.4, -0.2) is 23.6 Å². The molecule has 33 heavy (non-hydrogen) atoms. The van der Waals surface area contributed by atoms with Crippen molar-refractivity contribution >= 4 is 58.2 Å². The first-order valence-corrected chi connectivity index (χ1v) is 10.9. The third-order valence-electron chi connectivity index (χ3n) is 5.93. The second-order valence-corrected chi connectivity index (χ2v) is 8.86. The van der Waals surface area contributed by atoms with Crippen molar-refractivity contribution in [3.8, 4) is 0 Å². The van der Waals surface area contributed by atoms with Crippen LogP contribution in [0.4, 0.5) is 11.4 Å². The third-order valence-corrected chi connectivity index (χ3v) is 6.43. The number of hydrogen-bond acceptors (Lipinski definition) is 4. The van der Waals surface area contributed by atoms with E-state index in [0.717, 1.165) is 9.80 Å². The van der Waals surface area contributed by atoms with Crippen molar-refractivity contribution in [1.29, 1.82) is 0 Å². The number of amides is 4. The molecular formula is C25H16Cl2N2O4. The van der Waals surface area contributed by atoms with E-state index in [9.17, 15) is 19.2 Å². The molecule has 1 atom stereocenters. The average molecular weight is 479 g/mol. The molecule has 0 aliphatic carbocycles. The molecule has 3 aromatic carbocycles. The zero-order chi connectivity index (χ0) is 23.4. The largest absolute Gasteiger partial charge is 0.274 e. The fourth-order valence-corrected chi connectivity index (χ4v) is 4.62. The molecule has 8 heteroatoms. The van der Waals surface area contributed by atoms with Crippen LogP contribution in [0.2, 0.25) is 10.0 Å². The Labute approximate surface area is 199 Å². The minimum Gasteiger partial charge on any atom is -0.274 e. The lowest BCUT2D eigenvalue weighted by Gasteiger charge is -2.16. The van der Waals surface area contributed by atoms with Gasteiger partial charge in [0.15, 0.2) is 0 Å². The molecule has 0 spiro atoms. The van der Waals surface area contributed by atoms with Crippen LogP contribution in [-0.2, 0) is 9.59 Å². The molecular weight excluding hydrogens is 463 g/mol. The summed E-state index contributed by atoms with van der Waals surface area (Å²) in [5.74, 6) is -2.38. The summed E-state index contributed by atoms with van der Waals surface area (Å²) in [6, 6.07) is 16.1. The number of fused-ring (bicyclic) bond motifs is 1.